The zero-order valence-electron chi connectivity index (χ0n) is 14.2. The van der Waals surface area contributed by atoms with Crippen LogP contribution in [0.4, 0.5) is 13.2 Å². The molecule has 0 radical (unpaired) electrons. The third kappa shape index (κ3) is 4.62. The van der Waals surface area contributed by atoms with E-state index in [4.69, 9.17) is 0 Å². The van der Waals surface area contributed by atoms with Crippen molar-refractivity contribution in [3.8, 4) is 0 Å². The molecule has 0 aliphatic rings. The van der Waals surface area contributed by atoms with Crippen molar-refractivity contribution in [3.05, 3.63) is 70.3 Å². The van der Waals surface area contributed by atoms with Crippen LogP contribution in [0.1, 0.15) is 32.6 Å². The molecule has 2 aromatic rings. The molecule has 0 fully saturated rings. The fourth-order valence-corrected chi connectivity index (χ4v) is 2.65. The minimum absolute atomic E-state index is 0.0402. The van der Waals surface area contributed by atoms with Gasteiger partial charge >= 0.3 is 12.1 Å². The summed E-state index contributed by atoms with van der Waals surface area (Å²) in [6.45, 7) is 3.66. The molecule has 2 aromatic carbocycles. The number of aryl methyl sites for hydroxylation is 2. The Balaban J connectivity index is 2.23. The van der Waals surface area contributed by atoms with Gasteiger partial charge in [-0.15, -0.1) is 0 Å². The number of aliphatic carboxylic acids is 1. The van der Waals surface area contributed by atoms with Gasteiger partial charge in [0.1, 0.15) is 6.04 Å². The summed E-state index contributed by atoms with van der Waals surface area (Å²) in [6.07, 6.45) is -4.54. The van der Waals surface area contributed by atoms with Crippen LogP contribution < -0.4 is 5.32 Å². The summed E-state index contributed by atoms with van der Waals surface area (Å²) < 4.78 is 38.3. The average molecular weight is 365 g/mol. The van der Waals surface area contributed by atoms with E-state index in [1.165, 1.54) is 6.07 Å². The maximum Gasteiger partial charge on any atom is 0.416 e. The van der Waals surface area contributed by atoms with Gasteiger partial charge in [-0.1, -0.05) is 24.3 Å². The lowest BCUT2D eigenvalue weighted by Crippen LogP contribution is -2.42. The minimum atomic E-state index is -4.58. The zero-order valence-corrected chi connectivity index (χ0v) is 14.2. The molecule has 0 spiro atoms. The molecule has 26 heavy (non-hydrogen) atoms. The van der Waals surface area contributed by atoms with Crippen LogP contribution in [0.3, 0.4) is 0 Å². The van der Waals surface area contributed by atoms with Crippen LogP contribution >= 0.6 is 0 Å². The zero-order chi connectivity index (χ0) is 19.5. The molecule has 1 amide bonds. The van der Waals surface area contributed by atoms with Gasteiger partial charge in [-0.3, -0.25) is 4.79 Å². The van der Waals surface area contributed by atoms with Gasteiger partial charge in [-0.05, 0) is 48.7 Å². The predicted octanol–water partition coefficient (Wildman–Crippen LogP) is 3.75. The van der Waals surface area contributed by atoms with E-state index in [2.05, 4.69) is 5.32 Å². The Bertz CT molecular complexity index is 811. The van der Waals surface area contributed by atoms with Crippen molar-refractivity contribution in [2.45, 2.75) is 32.5 Å². The fourth-order valence-electron chi connectivity index (χ4n) is 2.65. The van der Waals surface area contributed by atoms with Crippen molar-refractivity contribution in [3.63, 3.8) is 0 Å². The largest absolute Gasteiger partial charge is 0.480 e. The number of hydrogen-bond acceptors (Lipinski definition) is 2. The van der Waals surface area contributed by atoms with Crippen molar-refractivity contribution >= 4 is 11.9 Å². The van der Waals surface area contributed by atoms with E-state index >= 15 is 0 Å². The Kier molecular flexibility index (Phi) is 5.69. The average Bonchev–Trinajstić information content (AvgIpc) is 2.56. The Morgan fingerprint density at radius 1 is 1.08 bits per heavy atom. The minimum Gasteiger partial charge on any atom is -0.480 e. The number of alkyl halides is 3. The van der Waals surface area contributed by atoms with E-state index in [-0.39, 0.29) is 12.0 Å². The van der Waals surface area contributed by atoms with Gasteiger partial charge in [-0.25, -0.2) is 4.79 Å². The van der Waals surface area contributed by atoms with E-state index in [1.807, 2.05) is 32.0 Å². The number of rotatable bonds is 5. The number of carboxylic acid groups (broad SMARTS) is 1. The van der Waals surface area contributed by atoms with Gasteiger partial charge in [0, 0.05) is 12.0 Å². The number of hydrogen-bond donors (Lipinski definition) is 2. The van der Waals surface area contributed by atoms with E-state index < -0.39 is 29.7 Å². The second-order valence-corrected chi connectivity index (χ2v) is 6.02. The Labute approximate surface area is 148 Å². The molecule has 4 nitrogen and oxygen atoms in total. The lowest BCUT2D eigenvalue weighted by atomic mass is 9.96. The molecule has 0 aliphatic carbocycles. The van der Waals surface area contributed by atoms with Crippen molar-refractivity contribution in [2.75, 3.05) is 0 Å². The first-order valence-corrected chi connectivity index (χ1v) is 7.85. The molecular formula is C19H18F3NO3. The van der Waals surface area contributed by atoms with Gasteiger partial charge in [0.2, 0.25) is 0 Å². The number of halogens is 3. The Morgan fingerprint density at radius 3 is 2.19 bits per heavy atom. The third-order valence-electron chi connectivity index (χ3n) is 4.11. The van der Waals surface area contributed by atoms with Crippen molar-refractivity contribution in [2.24, 2.45) is 0 Å². The van der Waals surface area contributed by atoms with Crippen LogP contribution in [0.5, 0.6) is 0 Å². The molecule has 0 bridgehead atoms. The monoisotopic (exact) mass is 365 g/mol. The first kappa shape index (κ1) is 19.5. The maximum absolute atomic E-state index is 12.8. The number of carbonyl (C=O) groups is 2. The van der Waals surface area contributed by atoms with Crippen molar-refractivity contribution in [1.82, 2.24) is 5.32 Å². The van der Waals surface area contributed by atoms with Gasteiger partial charge in [0.05, 0.1) is 5.56 Å². The van der Waals surface area contributed by atoms with E-state index in [1.54, 1.807) is 0 Å². The van der Waals surface area contributed by atoms with Gasteiger partial charge in [0.15, 0.2) is 0 Å². The highest BCUT2D eigenvalue weighted by Crippen LogP contribution is 2.29. The summed E-state index contributed by atoms with van der Waals surface area (Å²) in [5, 5.41) is 11.7. The Hall–Kier alpha value is -2.83. The molecule has 0 aliphatic heterocycles. The lowest BCUT2D eigenvalue weighted by molar-refractivity contribution is -0.139. The second kappa shape index (κ2) is 7.59. The Morgan fingerprint density at radius 2 is 1.65 bits per heavy atom. The molecule has 138 valence electrons. The summed E-state index contributed by atoms with van der Waals surface area (Å²) >= 11 is 0. The summed E-state index contributed by atoms with van der Waals surface area (Å²) in [6, 6.07) is 8.12. The van der Waals surface area contributed by atoms with Crippen molar-refractivity contribution < 1.29 is 27.9 Å². The molecule has 0 unspecified atom stereocenters. The summed E-state index contributed by atoms with van der Waals surface area (Å²) in [7, 11) is 0. The highest BCUT2D eigenvalue weighted by Gasteiger charge is 2.31. The molecule has 0 heterocycles. The molecule has 2 rings (SSSR count). The number of carbonyl (C=O) groups excluding carboxylic acids is 1. The fraction of sp³-hybridized carbons (Fsp3) is 0.263. The van der Waals surface area contributed by atoms with Crippen LogP contribution in [0, 0.1) is 13.8 Å². The lowest BCUT2D eigenvalue weighted by Gasteiger charge is -2.18. The number of amides is 1. The smallest absolute Gasteiger partial charge is 0.416 e. The van der Waals surface area contributed by atoms with Crippen LogP contribution in [0.25, 0.3) is 0 Å². The molecule has 2 N–H and O–H groups in total. The third-order valence-corrected chi connectivity index (χ3v) is 4.11. The normalized spacial score (nSPS) is 12.5. The van der Waals surface area contributed by atoms with Gasteiger partial charge < -0.3 is 10.4 Å². The van der Waals surface area contributed by atoms with E-state index in [0.29, 0.717) is 6.07 Å². The van der Waals surface area contributed by atoms with Gasteiger partial charge in [0.25, 0.3) is 5.91 Å². The number of nitrogens with one attached hydrogen (secondary N) is 1. The van der Waals surface area contributed by atoms with Crippen LogP contribution in [0.15, 0.2) is 42.5 Å². The maximum atomic E-state index is 12.8. The molecule has 7 heteroatoms. The van der Waals surface area contributed by atoms with Crippen LogP contribution in [-0.2, 0) is 17.4 Å². The first-order valence-electron chi connectivity index (χ1n) is 7.85. The molecule has 0 saturated carbocycles. The summed E-state index contributed by atoms with van der Waals surface area (Å²) in [5.74, 6) is -2.12. The van der Waals surface area contributed by atoms with E-state index in [9.17, 15) is 27.9 Å². The summed E-state index contributed by atoms with van der Waals surface area (Å²) in [5.41, 5.74) is 1.33. The topological polar surface area (TPSA) is 66.4 Å². The quantitative estimate of drug-likeness (QED) is 0.848. The van der Waals surface area contributed by atoms with Crippen LogP contribution in [-0.4, -0.2) is 23.0 Å². The number of benzene rings is 2. The molecular weight excluding hydrogens is 347 g/mol. The van der Waals surface area contributed by atoms with E-state index in [0.717, 1.165) is 28.8 Å². The molecule has 1 atom stereocenters. The van der Waals surface area contributed by atoms with Crippen molar-refractivity contribution in [1.29, 1.82) is 0 Å². The molecule has 0 saturated heterocycles. The predicted molar refractivity (Wildman–Crippen MR) is 90.0 cm³/mol. The SMILES string of the molecule is Cc1cccc(C)c1C[C@H](NC(=O)c1cccc(C(F)(F)F)c1)C(=O)O. The highest BCUT2D eigenvalue weighted by molar-refractivity contribution is 5.96. The number of carboxylic acids is 1. The standard InChI is InChI=1S/C19H18F3NO3/c1-11-5-3-6-12(2)15(11)10-16(18(25)26)23-17(24)13-7-4-8-14(9-13)19(20,21)22/h3-9,16H,10H2,1-2H3,(H,23,24)(H,25,26)/t16-/m0/s1. The highest BCUT2D eigenvalue weighted by atomic mass is 19.4. The van der Waals surface area contributed by atoms with Crippen LogP contribution in [0.2, 0.25) is 0 Å². The van der Waals surface area contributed by atoms with Gasteiger partial charge in [-0.2, -0.15) is 13.2 Å². The first-order chi connectivity index (χ1) is 12.1. The molecule has 0 aromatic heterocycles. The second-order valence-electron chi connectivity index (χ2n) is 6.02. The summed E-state index contributed by atoms with van der Waals surface area (Å²) in [4.78, 5) is 23.8.